The summed E-state index contributed by atoms with van der Waals surface area (Å²) in [7, 11) is 0. The molecule has 1 unspecified atom stereocenters. The standard InChI is InChI=1S/C31H36ClNO5/c1-5-35-27-14-9-21(18-28(27)36-6-2)17-26-25-20-30(38-8-4)29(37-7-3)19-23(25)15-16-33(26)31(34)22-10-12-24(32)13-11-22/h9-14,18-20,26H,5-8,15-17H2,1-4H3. The molecule has 0 radical (unpaired) electrons. The molecule has 0 aliphatic carbocycles. The van der Waals surface area contributed by atoms with Gasteiger partial charge in [0.1, 0.15) is 0 Å². The Morgan fingerprint density at radius 1 is 0.789 bits per heavy atom. The van der Waals surface area contributed by atoms with Crippen LogP contribution in [0.25, 0.3) is 0 Å². The molecule has 38 heavy (non-hydrogen) atoms. The molecule has 6 nitrogen and oxygen atoms in total. The van der Waals surface area contributed by atoms with Crippen LogP contribution in [-0.2, 0) is 12.8 Å². The van der Waals surface area contributed by atoms with Gasteiger partial charge in [-0.05, 0) is 106 Å². The van der Waals surface area contributed by atoms with Gasteiger partial charge in [0.2, 0.25) is 0 Å². The number of hydrogen-bond donors (Lipinski definition) is 0. The normalized spacial score (nSPS) is 14.6. The summed E-state index contributed by atoms with van der Waals surface area (Å²) in [5, 5.41) is 0.602. The second-order valence-corrected chi connectivity index (χ2v) is 9.42. The molecule has 3 aromatic rings. The van der Waals surface area contributed by atoms with E-state index >= 15 is 0 Å². The van der Waals surface area contributed by atoms with E-state index in [1.807, 2.05) is 56.9 Å². The van der Waals surface area contributed by atoms with Crippen molar-refractivity contribution in [1.82, 2.24) is 4.90 Å². The van der Waals surface area contributed by atoms with Gasteiger partial charge in [0.25, 0.3) is 5.91 Å². The third-order valence-corrected chi connectivity index (χ3v) is 6.80. The average molecular weight is 538 g/mol. The molecular formula is C31H36ClNO5. The van der Waals surface area contributed by atoms with Gasteiger partial charge in [-0.2, -0.15) is 0 Å². The molecule has 1 heterocycles. The number of benzene rings is 3. The minimum Gasteiger partial charge on any atom is -0.490 e. The third-order valence-electron chi connectivity index (χ3n) is 6.55. The zero-order valence-electron chi connectivity index (χ0n) is 22.6. The van der Waals surface area contributed by atoms with E-state index in [0.29, 0.717) is 61.5 Å². The molecule has 0 spiro atoms. The van der Waals surface area contributed by atoms with Gasteiger partial charge in [-0.1, -0.05) is 17.7 Å². The molecular weight excluding hydrogens is 502 g/mol. The Morgan fingerprint density at radius 3 is 2.00 bits per heavy atom. The van der Waals surface area contributed by atoms with Gasteiger partial charge in [-0.25, -0.2) is 0 Å². The summed E-state index contributed by atoms with van der Waals surface area (Å²) in [6.07, 6.45) is 1.34. The van der Waals surface area contributed by atoms with Crippen molar-refractivity contribution in [3.63, 3.8) is 0 Å². The van der Waals surface area contributed by atoms with E-state index in [2.05, 4.69) is 6.07 Å². The maximum absolute atomic E-state index is 13.8. The predicted octanol–water partition coefficient (Wildman–Crippen LogP) is 6.92. The first-order valence-electron chi connectivity index (χ1n) is 13.4. The number of ether oxygens (including phenoxy) is 4. The smallest absolute Gasteiger partial charge is 0.254 e. The molecule has 1 aliphatic rings. The maximum Gasteiger partial charge on any atom is 0.254 e. The van der Waals surface area contributed by atoms with Crippen LogP contribution in [0.3, 0.4) is 0 Å². The molecule has 0 saturated heterocycles. The number of halogens is 1. The number of carbonyl (C=O) groups excluding carboxylic acids is 1. The largest absolute Gasteiger partial charge is 0.490 e. The number of amides is 1. The van der Waals surface area contributed by atoms with E-state index in [-0.39, 0.29) is 11.9 Å². The lowest BCUT2D eigenvalue weighted by Crippen LogP contribution is -2.41. The van der Waals surface area contributed by atoms with Crippen LogP contribution in [0, 0.1) is 0 Å². The molecule has 7 heteroatoms. The first kappa shape index (κ1) is 27.6. The molecule has 0 bridgehead atoms. The van der Waals surface area contributed by atoms with Crippen LogP contribution < -0.4 is 18.9 Å². The molecule has 0 N–H and O–H groups in total. The Hall–Kier alpha value is -3.38. The van der Waals surface area contributed by atoms with Crippen LogP contribution in [0.4, 0.5) is 0 Å². The van der Waals surface area contributed by atoms with Crippen molar-refractivity contribution in [3.05, 3.63) is 81.9 Å². The van der Waals surface area contributed by atoms with E-state index in [1.54, 1.807) is 24.3 Å². The quantitative estimate of drug-likeness (QED) is 0.266. The van der Waals surface area contributed by atoms with E-state index < -0.39 is 0 Å². The SMILES string of the molecule is CCOc1ccc(CC2c3cc(OCC)c(OCC)cc3CCN2C(=O)c2ccc(Cl)cc2)cc1OCC. The molecule has 0 aromatic heterocycles. The minimum atomic E-state index is -0.204. The van der Waals surface area contributed by atoms with Crippen LogP contribution >= 0.6 is 11.6 Å². The van der Waals surface area contributed by atoms with E-state index in [4.69, 9.17) is 30.5 Å². The first-order valence-corrected chi connectivity index (χ1v) is 13.7. The van der Waals surface area contributed by atoms with Gasteiger partial charge in [0.05, 0.1) is 32.5 Å². The number of carbonyl (C=O) groups is 1. The van der Waals surface area contributed by atoms with E-state index in [1.165, 1.54) is 0 Å². The summed E-state index contributed by atoms with van der Waals surface area (Å²) in [6.45, 7) is 10.6. The maximum atomic E-state index is 13.8. The van der Waals surface area contributed by atoms with Gasteiger partial charge in [-0.15, -0.1) is 0 Å². The molecule has 202 valence electrons. The van der Waals surface area contributed by atoms with Crippen molar-refractivity contribution in [2.24, 2.45) is 0 Å². The van der Waals surface area contributed by atoms with Crippen LogP contribution in [0.15, 0.2) is 54.6 Å². The fourth-order valence-electron chi connectivity index (χ4n) is 4.91. The molecule has 1 aliphatic heterocycles. The van der Waals surface area contributed by atoms with Crippen molar-refractivity contribution in [1.29, 1.82) is 0 Å². The van der Waals surface area contributed by atoms with Gasteiger partial charge in [0, 0.05) is 17.1 Å². The van der Waals surface area contributed by atoms with E-state index in [0.717, 1.165) is 34.6 Å². The zero-order chi connectivity index (χ0) is 27.1. The summed E-state index contributed by atoms with van der Waals surface area (Å²) in [5.74, 6) is 2.83. The Morgan fingerprint density at radius 2 is 1.37 bits per heavy atom. The summed E-state index contributed by atoms with van der Waals surface area (Å²) >= 11 is 6.10. The Balaban J connectivity index is 1.77. The van der Waals surface area contributed by atoms with Gasteiger partial charge in [-0.3, -0.25) is 4.79 Å². The van der Waals surface area contributed by atoms with Crippen molar-refractivity contribution in [2.45, 2.75) is 46.6 Å². The second-order valence-electron chi connectivity index (χ2n) is 8.99. The van der Waals surface area contributed by atoms with Crippen molar-refractivity contribution >= 4 is 17.5 Å². The molecule has 3 aromatic carbocycles. The Labute approximate surface area is 230 Å². The molecule has 1 amide bonds. The topological polar surface area (TPSA) is 57.2 Å². The fraction of sp³-hybridized carbons (Fsp3) is 0.387. The predicted molar refractivity (Wildman–Crippen MR) is 150 cm³/mol. The minimum absolute atomic E-state index is 0.0277. The van der Waals surface area contributed by atoms with E-state index in [9.17, 15) is 4.79 Å². The highest BCUT2D eigenvalue weighted by Crippen LogP contribution is 2.41. The highest BCUT2D eigenvalue weighted by atomic mass is 35.5. The van der Waals surface area contributed by atoms with Crippen LogP contribution in [0.5, 0.6) is 23.0 Å². The molecule has 4 rings (SSSR count). The van der Waals surface area contributed by atoms with Crippen LogP contribution in [0.1, 0.15) is 60.8 Å². The first-order chi connectivity index (χ1) is 18.5. The highest BCUT2D eigenvalue weighted by molar-refractivity contribution is 6.30. The van der Waals surface area contributed by atoms with Crippen LogP contribution in [-0.4, -0.2) is 43.8 Å². The zero-order valence-corrected chi connectivity index (χ0v) is 23.3. The van der Waals surface area contributed by atoms with Gasteiger partial charge >= 0.3 is 0 Å². The van der Waals surface area contributed by atoms with Crippen molar-refractivity contribution < 1.29 is 23.7 Å². The highest BCUT2D eigenvalue weighted by Gasteiger charge is 2.33. The van der Waals surface area contributed by atoms with Crippen molar-refractivity contribution in [3.8, 4) is 23.0 Å². The number of hydrogen-bond acceptors (Lipinski definition) is 5. The lowest BCUT2D eigenvalue weighted by Gasteiger charge is -2.38. The number of fused-ring (bicyclic) bond motifs is 1. The monoisotopic (exact) mass is 537 g/mol. The summed E-state index contributed by atoms with van der Waals surface area (Å²) in [6, 6.07) is 17.0. The third kappa shape index (κ3) is 6.18. The second kappa shape index (κ2) is 12.9. The van der Waals surface area contributed by atoms with Crippen LogP contribution in [0.2, 0.25) is 5.02 Å². The Kier molecular flexibility index (Phi) is 9.40. The van der Waals surface area contributed by atoms with Gasteiger partial charge < -0.3 is 23.8 Å². The molecule has 0 saturated carbocycles. The summed E-state index contributed by atoms with van der Waals surface area (Å²) in [4.78, 5) is 15.7. The molecule has 0 fully saturated rings. The average Bonchev–Trinajstić information content (AvgIpc) is 2.91. The lowest BCUT2D eigenvalue weighted by molar-refractivity contribution is 0.0659. The number of rotatable bonds is 11. The van der Waals surface area contributed by atoms with Crippen molar-refractivity contribution in [2.75, 3.05) is 33.0 Å². The van der Waals surface area contributed by atoms with Gasteiger partial charge in [0.15, 0.2) is 23.0 Å². The lowest BCUT2D eigenvalue weighted by atomic mass is 9.87. The number of nitrogens with zero attached hydrogens (tertiary/aromatic N) is 1. The Bertz CT molecular complexity index is 1240. The summed E-state index contributed by atoms with van der Waals surface area (Å²) in [5.41, 5.74) is 3.89. The summed E-state index contributed by atoms with van der Waals surface area (Å²) < 4.78 is 23.5. The molecule has 1 atom stereocenters. The fourth-order valence-corrected chi connectivity index (χ4v) is 5.04.